The van der Waals surface area contributed by atoms with Crippen LogP contribution in [0.3, 0.4) is 0 Å². The smallest absolute Gasteiger partial charge is 0.371 e. The molecule has 2 heterocycles. The Hall–Kier alpha value is -2.61. The van der Waals surface area contributed by atoms with Crippen molar-refractivity contribution in [2.75, 3.05) is 31.1 Å². The van der Waals surface area contributed by atoms with Crippen LogP contribution in [0.15, 0.2) is 48.5 Å². The second-order valence-corrected chi connectivity index (χ2v) is 8.71. The summed E-state index contributed by atoms with van der Waals surface area (Å²) in [5.74, 6) is 0. The topological polar surface area (TPSA) is 49.6 Å². The van der Waals surface area contributed by atoms with Gasteiger partial charge in [-0.25, -0.2) is 0 Å². The van der Waals surface area contributed by atoms with Crippen molar-refractivity contribution in [2.45, 2.75) is 38.4 Å². The molecule has 0 bridgehead atoms. The number of piperidine rings is 2. The SMILES string of the molecule is O=[N+]([O-])c1ccc(N2CCC3(CCN(Cc4ccccc4)CC3)CC2)c(C(F)(F)F)c1. The molecular formula is C23H26F3N3O2. The second-order valence-electron chi connectivity index (χ2n) is 8.71. The fraction of sp³-hybridized carbons (Fsp3) is 0.478. The highest BCUT2D eigenvalue weighted by molar-refractivity contribution is 5.59. The Morgan fingerprint density at radius 1 is 0.935 bits per heavy atom. The zero-order valence-corrected chi connectivity index (χ0v) is 17.3. The molecule has 2 aromatic rings. The molecule has 0 N–H and O–H groups in total. The minimum Gasteiger partial charge on any atom is -0.371 e. The van der Waals surface area contributed by atoms with Gasteiger partial charge < -0.3 is 4.90 Å². The van der Waals surface area contributed by atoms with Crippen molar-refractivity contribution in [3.8, 4) is 0 Å². The fourth-order valence-electron chi connectivity index (χ4n) is 4.89. The first kappa shape index (κ1) is 21.6. The van der Waals surface area contributed by atoms with E-state index in [2.05, 4.69) is 17.0 Å². The number of rotatable bonds is 4. The van der Waals surface area contributed by atoms with Gasteiger partial charge in [-0.2, -0.15) is 13.2 Å². The summed E-state index contributed by atoms with van der Waals surface area (Å²) >= 11 is 0. The molecule has 2 aromatic carbocycles. The number of halogens is 3. The van der Waals surface area contributed by atoms with Crippen molar-refractivity contribution in [1.29, 1.82) is 0 Å². The van der Waals surface area contributed by atoms with Crippen LogP contribution in [0, 0.1) is 15.5 Å². The maximum Gasteiger partial charge on any atom is 0.418 e. The largest absolute Gasteiger partial charge is 0.418 e. The predicted octanol–water partition coefficient (Wildman–Crippen LogP) is 5.50. The Kier molecular flexibility index (Phi) is 5.92. The average Bonchev–Trinajstić information content (AvgIpc) is 2.76. The Balaban J connectivity index is 1.40. The van der Waals surface area contributed by atoms with Gasteiger partial charge in [-0.05, 0) is 55.8 Å². The minimum absolute atomic E-state index is 0.0504. The number of alkyl halides is 3. The van der Waals surface area contributed by atoms with Gasteiger partial charge in [-0.3, -0.25) is 15.0 Å². The summed E-state index contributed by atoms with van der Waals surface area (Å²) in [7, 11) is 0. The maximum absolute atomic E-state index is 13.6. The first-order chi connectivity index (χ1) is 14.8. The molecule has 166 valence electrons. The van der Waals surface area contributed by atoms with Gasteiger partial charge in [0.05, 0.1) is 10.5 Å². The molecular weight excluding hydrogens is 407 g/mol. The van der Waals surface area contributed by atoms with Gasteiger partial charge in [0.25, 0.3) is 5.69 Å². The summed E-state index contributed by atoms with van der Waals surface area (Å²) in [4.78, 5) is 14.3. The second kappa shape index (κ2) is 8.49. The number of hydrogen-bond donors (Lipinski definition) is 0. The number of nitro benzene ring substituents is 1. The first-order valence-corrected chi connectivity index (χ1v) is 10.6. The number of anilines is 1. The van der Waals surface area contributed by atoms with Crippen LogP contribution in [0.5, 0.6) is 0 Å². The molecule has 31 heavy (non-hydrogen) atoms. The molecule has 0 saturated carbocycles. The molecule has 2 saturated heterocycles. The third-order valence-electron chi connectivity index (χ3n) is 6.83. The number of nitro groups is 1. The van der Waals surface area contributed by atoms with Crippen molar-refractivity contribution in [1.82, 2.24) is 4.90 Å². The molecule has 0 radical (unpaired) electrons. The van der Waals surface area contributed by atoms with Gasteiger partial charge in [0, 0.05) is 37.5 Å². The molecule has 0 atom stereocenters. The number of benzene rings is 2. The molecule has 2 fully saturated rings. The van der Waals surface area contributed by atoms with Gasteiger partial charge >= 0.3 is 6.18 Å². The van der Waals surface area contributed by atoms with E-state index in [4.69, 9.17) is 0 Å². The molecule has 0 aliphatic carbocycles. The van der Waals surface area contributed by atoms with Gasteiger partial charge in [-0.15, -0.1) is 0 Å². The molecule has 8 heteroatoms. The molecule has 0 unspecified atom stereocenters. The first-order valence-electron chi connectivity index (χ1n) is 10.6. The van der Waals surface area contributed by atoms with Crippen LogP contribution < -0.4 is 4.90 Å². The van der Waals surface area contributed by atoms with E-state index in [0.29, 0.717) is 19.2 Å². The minimum atomic E-state index is -4.63. The quantitative estimate of drug-likeness (QED) is 0.472. The lowest BCUT2D eigenvalue weighted by atomic mass is 9.71. The van der Waals surface area contributed by atoms with E-state index in [9.17, 15) is 23.3 Å². The summed E-state index contributed by atoms with van der Waals surface area (Å²) in [5.41, 5.74) is 0.0781. The van der Waals surface area contributed by atoms with Gasteiger partial charge in [0.2, 0.25) is 0 Å². The Bertz CT molecular complexity index is 915. The molecule has 5 nitrogen and oxygen atoms in total. The Morgan fingerprint density at radius 2 is 1.55 bits per heavy atom. The summed E-state index contributed by atoms with van der Waals surface area (Å²) in [5, 5.41) is 10.9. The highest BCUT2D eigenvalue weighted by Gasteiger charge is 2.41. The van der Waals surface area contributed by atoms with Gasteiger partial charge in [-0.1, -0.05) is 30.3 Å². The van der Waals surface area contributed by atoms with Gasteiger partial charge in [0.1, 0.15) is 0 Å². The van der Waals surface area contributed by atoms with Crippen LogP contribution in [0.25, 0.3) is 0 Å². The summed E-state index contributed by atoms with van der Waals surface area (Å²) in [6.07, 6.45) is -0.819. The highest BCUT2D eigenvalue weighted by Crippen LogP contribution is 2.45. The number of nitrogens with zero attached hydrogens (tertiary/aromatic N) is 3. The van der Waals surface area contributed by atoms with Crippen LogP contribution in [-0.4, -0.2) is 36.0 Å². The number of hydrogen-bond acceptors (Lipinski definition) is 4. The lowest BCUT2D eigenvalue weighted by Gasteiger charge is -2.47. The highest BCUT2D eigenvalue weighted by atomic mass is 19.4. The van der Waals surface area contributed by atoms with E-state index in [-0.39, 0.29) is 11.1 Å². The van der Waals surface area contributed by atoms with E-state index < -0.39 is 22.4 Å². The monoisotopic (exact) mass is 433 g/mol. The van der Waals surface area contributed by atoms with Crippen LogP contribution in [0.2, 0.25) is 0 Å². The summed E-state index contributed by atoms with van der Waals surface area (Å²) < 4.78 is 40.7. The van der Waals surface area contributed by atoms with Crippen molar-refractivity contribution < 1.29 is 18.1 Å². The summed E-state index contributed by atoms with van der Waals surface area (Å²) in [6.45, 7) is 4.01. The normalized spacial score (nSPS) is 19.5. The van der Waals surface area contributed by atoms with E-state index in [1.165, 1.54) is 11.6 Å². The third-order valence-corrected chi connectivity index (χ3v) is 6.83. The third kappa shape index (κ3) is 4.84. The van der Waals surface area contributed by atoms with E-state index in [1.54, 1.807) is 4.90 Å². The standard InChI is InChI=1S/C23H26F3N3O2/c24-23(25,26)20-16-19(29(30)31)6-7-21(20)28-14-10-22(11-15-28)8-12-27(13-9-22)17-18-4-2-1-3-5-18/h1-7,16H,8-15,17H2. The lowest BCUT2D eigenvalue weighted by molar-refractivity contribution is -0.385. The van der Waals surface area contributed by atoms with Crippen molar-refractivity contribution in [3.05, 3.63) is 69.8 Å². The number of non-ortho nitro benzene ring substituents is 1. The van der Waals surface area contributed by atoms with Gasteiger partial charge in [0.15, 0.2) is 0 Å². The molecule has 0 amide bonds. The maximum atomic E-state index is 13.6. The van der Waals surface area contributed by atoms with Crippen molar-refractivity contribution in [3.63, 3.8) is 0 Å². The van der Waals surface area contributed by atoms with Crippen LogP contribution in [0.4, 0.5) is 24.5 Å². The fourth-order valence-corrected chi connectivity index (χ4v) is 4.89. The zero-order chi connectivity index (χ0) is 22.1. The molecule has 4 rings (SSSR count). The Labute approximate surface area is 179 Å². The lowest BCUT2D eigenvalue weighted by Crippen LogP contribution is -2.47. The van der Waals surface area contributed by atoms with Crippen LogP contribution in [0.1, 0.15) is 36.8 Å². The van der Waals surface area contributed by atoms with E-state index in [0.717, 1.165) is 51.4 Å². The average molecular weight is 433 g/mol. The zero-order valence-electron chi connectivity index (χ0n) is 17.3. The van der Waals surface area contributed by atoms with E-state index >= 15 is 0 Å². The van der Waals surface area contributed by atoms with Crippen LogP contribution in [-0.2, 0) is 12.7 Å². The molecule has 1 spiro atoms. The molecule has 2 aliphatic heterocycles. The summed E-state index contributed by atoms with van der Waals surface area (Å²) in [6, 6.07) is 13.4. The van der Waals surface area contributed by atoms with E-state index in [1.807, 2.05) is 18.2 Å². The van der Waals surface area contributed by atoms with Crippen molar-refractivity contribution >= 4 is 11.4 Å². The van der Waals surface area contributed by atoms with Crippen molar-refractivity contribution in [2.24, 2.45) is 5.41 Å². The number of likely N-dealkylation sites (tertiary alicyclic amines) is 1. The Morgan fingerprint density at radius 3 is 2.13 bits per heavy atom. The molecule has 0 aromatic heterocycles. The molecule has 2 aliphatic rings. The van der Waals surface area contributed by atoms with Crippen LogP contribution >= 0.6 is 0 Å². The predicted molar refractivity (Wildman–Crippen MR) is 113 cm³/mol.